The summed E-state index contributed by atoms with van der Waals surface area (Å²) >= 11 is 1.52. The molecular formula is C15H26N2O2S2. The Bertz CT molecular complexity index is 574. The SMILES string of the molecule is Cc1csc(CNC(C)C)c1S(=O)(=O)NC(C)CC1CC1. The van der Waals surface area contributed by atoms with Crippen molar-refractivity contribution in [2.24, 2.45) is 5.92 Å². The fourth-order valence-electron chi connectivity index (χ4n) is 2.49. The van der Waals surface area contributed by atoms with Crippen molar-refractivity contribution in [3.8, 4) is 0 Å². The summed E-state index contributed by atoms with van der Waals surface area (Å²) in [6.45, 7) is 8.55. The van der Waals surface area contributed by atoms with E-state index in [-0.39, 0.29) is 6.04 Å². The second-order valence-corrected chi connectivity index (χ2v) is 9.02. The van der Waals surface area contributed by atoms with Gasteiger partial charge in [-0.25, -0.2) is 13.1 Å². The van der Waals surface area contributed by atoms with Gasteiger partial charge in [-0.05, 0) is 37.1 Å². The number of nitrogens with one attached hydrogen (secondary N) is 2. The van der Waals surface area contributed by atoms with Crippen molar-refractivity contribution in [2.75, 3.05) is 0 Å². The van der Waals surface area contributed by atoms with E-state index in [0.29, 0.717) is 23.4 Å². The van der Waals surface area contributed by atoms with Gasteiger partial charge in [-0.2, -0.15) is 0 Å². The van der Waals surface area contributed by atoms with Crippen LogP contribution in [-0.4, -0.2) is 20.5 Å². The fraction of sp³-hybridized carbons (Fsp3) is 0.733. The first kappa shape index (κ1) is 16.9. The van der Waals surface area contributed by atoms with Crippen LogP contribution in [0.5, 0.6) is 0 Å². The fourth-order valence-corrected chi connectivity index (χ4v) is 5.51. The lowest BCUT2D eigenvalue weighted by molar-refractivity contribution is 0.527. The molecule has 21 heavy (non-hydrogen) atoms. The molecule has 6 heteroatoms. The molecule has 0 spiro atoms. The van der Waals surface area contributed by atoms with E-state index in [1.165, 1.54) is 24.2 Å². The summed E-state index contributed by atoms with van der Waals surface area (Å²) in [6, 6.07) is 0.345. The summed E-state index contributed by atoms with van der Waals surface area (Å²) in [5.74, 6) is 0.716. The Kier molecular flexibility index (Phi) is 5.46. The molecule has 0 amide bonds. The average Bonchev–Trinajstić information content (AvgIpc) is 3.06. The molecular weight excluding hydrogens is 304 g/mol. The van der Waals surface area contributed by atoms with E-state index < -0.39 is 10.0 Å². The van der Waals surface area contributed by atoms with Crippen molar-refractivity contribution < 1.29 is 8.42 Å². The third-order valence-electron chi connectivity index (χ3n) is 3.67. The molecule has 1 aromatic rings. The normalized spacial score (nSPS) is 17.4. The van der Waals surface area contributed by atoms with Gasteiger partial charge in [0.2, 0.25) is 10.0 Å². The van der Waals surface area contributed by atoms with Gasteiger partial charge in [-0.3, -0.25) is 0 Å². The number of thiophene rings is 1. The predicted octanol–water partition coefficient (Wildman–Crippen LogP) is 3.02. The van der Waals surface area contributed by atoms with E-state index >= 15 is 0 Å². The quantitative estimate of drug-likeness (QED) is 0.770. The van der Waals surface area contributed by atoms with Gasteiger partial charge in [0, 0.05) is 23.5 Å². The highest BCUT2D eigenvalue weighted by atomic mass is 32.2. The minimum atomic E-state index is -3.42. The van der Waals surface area contributed by atoms with Gasteiger partial charge in [-0.15, -0.1) is 11.3 Å². The van der Waals surface area contributed by atoms with Gasteiger partial charge >= 0.3 is 0 Å². The maximum atomic E-state index is 12.7. The first-order valence-electron chi connectivity index (χ1n) is 7.62. The molecule has 1 fully saturated rings. The molecule has 4 nitrogen and oxygen atoms in total. The molecule has 1 atom stereocenters. The zero-order valence-corrected chi connectivity index (χ0v) is 14.9. The smallest absolute Gasteiger partial charge is 0.242 e. The van der Waals surface area contributed by atoms with Crippen LogP contribution in [0, 0.1) is 12.8 Å². The van der Waals surface area contributed by atoms with Crippen molar-refractivity contribution >= 4 is 21.4 Å². The molecule has 1 saturated carbocycles. The predicted molar refractivity (Wildman–Crippen MR) is 88.2 cm³/mol. The van der Waals surface area contributed by atoms with Crippen LogP contribution in [0.1, 0.15) is 50.5 Å². The Balaban J connectivity index is 2.12. The summed E-state index contributed by atoms with van der Waals surface area (Å²) in [7, 11) is -3.42. The minimum Gasteiger partial charge on any atom is -0.310 e. The van der Waals surface area contributed by atoms with Crippen LogP contribution >= 0.6 is 11.3 Å². The lowest BCUT2D eigenvalue weighted by atomic mass is 10.2. The summed E-state index contributed by atoms with van der Waals surface area (Å²) in [5, 5.41) is 5.23. The molecule has 120 valence electrons. The van der Waals surface area contributed by atoms with Crippen molar-refractivity contribution in [1.29, 1.82) is 0 Å². The first-order chi connectivity index (χ1) is 9.79. The molecule has 1 aromatic heterocycles. The monoisotopic (exact) mass is 330 g/mol. The molecule has 1 heterocycles. The van der Waals surface area contributed by atoms with Crippen LogP contribution in [0.3, 0.4) is 0 Å². The van der Waals surface area contributed by atoms with Crippen LogP contribution in [0.25, 0.3) is 0 Å². The van der Waals surface area contributed by atoms with Crippen LogP contribution < -0.4 is 10.0 Å². The topological polar surface area (TPSA) is 58.2 Å². The van der Waals surface area contributed by atoms with Gasteiger partial charge in [0.15, 0.2) is 0 Å². The standard InChI is InChI=1S/C15H26N2O2S2/c1-10(2)16-8-14-15(11(3)9-20-14)21(18,19)17-12(4)7-13-5-6-13/h9-10,12-13,16-17H,5-8H2,1-4H3. The maximum Gasteiger partial charge on any atom is 0.242 e. The van der Waals surface area contributed by atoms with Gasteiger partial charge in [-0.1, -0.05) is 26.7 Å². The molecule has 0 aliphatic heterocycles. The third-order valence-corrected chi connectivity index (χ3v) is 6.72. The van der Waals surface area contributed by atoms with E-state index in [2.05, 4.69) is 23.9 Å². The van der Waals surface area contributed by atoms with E-state index in [4.69, 9.17) is 0 Å². The summed E-state index contributed by atoms with van der Waals surface area (Å²) in [6.07, 6.45) is 3.43. The second-order valence-electron chi connectivity index (χ2n) is 6.41. The largest absolute Gasteiger partial charge is 0.310 e. The highest BCUT2D eigenvalue weighted by molar-refractivity contribution is 7.89. The Morgan fingerprint density at radius 3 is 2.57 bits per heavy atom. The minimum absolute atomic E-state index is 0.00714. The number of hydrogen-bond acceptors (Lipinski definition) is 4. The van der Waals surface area contributed by atoms with Crippen molar-refractivity contribution in [2.45, 2.75) is 70.5 Å². The number of hydrogen-bond donors (Lipinski definition) is 2. The molecule has 1 aliphatic carbocycles. The summed E-state index contributed by atoms with van der Waals surface area (Å²) < 4.78 is 28.2. The third kappa shape index (κ3) is 4.77. The highest BCUT2D eigenvalue weighted by Crippen LogP contribution is 2.34. The molecule has 2 rings (SSSR count). The van der Waals surface area contributed by atoms with Crippen LogP contribution in [0.2, 0.25) is 0 Å². The number of sulfonamides is 1. The van der Waals surface area contributed by atoms with E-state index in [1.54, 1.807) is 0 Å². The average molecular weight is 331 g/mol. The zero-order chi connectivity index (χ0) is 15.6. The maximum absolute atomic E-state index is 12.7. The lowest BCUT2D eigenvalue weighted by Gasteiger charge is -2.15. The molecule has 1 aliphatic rings. The van der Waals surface area contributed by atoms with Gasteiger partial charge in [0.1, 0.15) is 4.90 Å². The Labute approximate surface area is 132 Å². The van der Waals surface area contributed by atoms with Crippen LogP contribution in [0.15, 0.2) is 10.3 Å². The Morgan fingerprint density at radius 1 is 1.33 bits per heavy atom. The molecule has 0 saturated heterocycles. The van der Waals surface area contributed by atoms with Crippen molar-refractivity contribution in [3.63, 3.8) is 0 Å². The van der Waals surface area contributed by atoms with E-state index in [1.807, 2.05) is 19.2 Å². The Hall–Kier alpha value is -0.430. The van der Waals surface area contributed by atoms with Crippen molar-refractivity contribution in [1.82, 2.24) is 10.0 Å². The lowest BCUT2D eigenvalue weighted by Crippen LogP contribution is -2.34. The zero-order valence-electron chi connectivity index (χ0n) is 13.3. The summed E-state index contributed by atoms with van der Waals surface area (Å²) in [5.41, 5.74) is 0.840. The van der Waals surface area contributed by atoms with Gasteiger partial charge < -0.3 is 5.32 Å². The molecule has 0 radical (unpaired) electrons. The number of rotatable bonds is 8. The summed E-state index contributed by atoms with van der Waals surface area (Å²) in [4.78, 5) is 1.37. The molecule has 2 N–H and O–H groups in total. The first-order valence-corrected chi connectivity index (χ1v) is 9.98. The molecule has 1 unspecified atom stereocenters. The van der Waals surface area contributed by atoms with E-state index in [9.17, 15) is 8.42 Å². The van der Waals surface area contributed by atoms with Crippen molar-refractivity contribution in [3.05, 3.63) is 15.8 Å². The highest BCUT2D eigenvalue weighted by Gasteiger charge is 2.28. The molecule has 0 aromatic carbocycles. The van der Waals surface area contributed by atoms with Gasteiger partial charge in [0.05, 0.1) is 0 Å². The Morgan fingerprint density at radius 2 is 2.00 bits per heavy atom. The van der Waals surface area contributed by atoms with E-state index in [0.717, 1.165) is 16.9 Å². The number of aryl methyl sites for hydroxylation is 1. The second kappa shape index (κ2) is 6.77. The van der Waals surface area contributed by atoms with Gasteiger partial charge in [0.25, 0.3) is 0 Å². The molecule has 0 bridgehead atoms. The van der Waals surface area contributed by atoms with Crippen LogP contribution in [0.4, 0.5) is 0 Å². The van der Waals surface area contributed by atoms with Crippen LogP contribution in [-0.2, 0) is 16.6 Å².